The molecule has 0 aromatic heterocycles. The van der Waals surface area contributed by atoms with Crippen molar-refractivity contribution in [1.29, 1.82) is 0 Å². The Morgan fingerprint density at radius 3 is 2.70 bits per heavy atom. The van der Waals surface area contributed by atoms with Crippen LogP contribution >= 0.6 is 11.6 Å². The molecule has 1 aliphatic rings. The first-order valence-electron chi connectivity index (χ1n) is 10.8. The summed E-state index contributed by atoms with van der Waals surface area (Å²) in [5.74, 6) is -0.391. The molecular weight excluding hydrogens is 443 g/mol. The number of Topliss-reactive ketones (excluding diaryl/α,β-unsaturated/α-hetero) is 1. The SMILES string of the molecule is CC(=O)Cc1ccccc1N1CCCc2cc(NC(=O)OCc3ccc(F)c(Cl)c3)ccc21. The first kappa shape index (κ1) is 22.8. The van der Waals surface area contributed by atoms with Gasteiger partial charge in [-0.15, -0.1) is 0 Å². The Hall–Kier alpha value is -3.38. The Labute approximate surface area is 197 Å². The quantitative estimate of drug-likeness (QED) is 0.454. The number of para-hydroxylation sites is 1. The minimum absolute atomic E-state index is 0.0133. The summed E-state index contributed by atoms with van der Waals surface area (Å²) >= 11 is 5.77. The van der Waals surface area contributed by atoms with Gasteiger partial charge in [-0.25, -0.2) is 9.18 Å². The van der Waals surface area contributed by atoms with Crippen LogP contribution in [0.25, 0.3) is 0 Å². The highest BCUT2D eigenvalue weighted by atomic mass is 35.5. The lowest BCUT2D eigenvalue weighted by molar-refractivity contribution is -0.116. The molecule has 3 aromatic rings. The Kier molecular flexibility index (Phi) is 6.94. The number of halogens is 2. The van der Waals surface area contributed by atoms with Gasteiger partial charge in [-0.3, -0.25) is 10.1 Å². The summed E-state index contributed by atoms with van der Waals surface area (Å²) in [6.45, 7) is 2.44. The Morgan fingerprint density at radius 2 is 1.91 bits per heavy atom. The maximum absolute atomic E-state index is 13.3. The predicted octanol–water partition coefficient (Wildman–Crippen LogP) is 6.44. The van der Waals surface area contributed by atoms with E-state index in [4.69, 9.17) is 16.3 Å². The van der Waals surface area contributed by atoms with E-state index in [1.807, 2.05) is 42.5 Å². The lowest BCUT2D eigenvalue weighted by Gasteiger charge is -2.33. The first-order chi connectivity index (χ1) is 15.9. The molecule has 7 heteroatoms. The van der Waals surface area contributed by atoms with Gasteiger partial charge in [-0.1, -0.05) is 35.9 Å². The van der Waals surface area contributed by atoms with Gasteiger partial charge in [0.25, 0.3) is 0 Å². The number of ether oxygens (including phenoxy) is 1. The van der Waals surface area contributed by atoms with Crippen molar-refractivity contribution in [3.63, 3.8) is 0 Å². The molecule has 0 saturated heterocycles. The van der Waals surface area contributed by atoms with Crippen LogP contribution in [-0.4, -0.2) is 18.4 Å². The van der Waals surface area contributed by atoms with E-state index in [0.717, 1.165) is 41.9 Å². The van der Waals surface area contributed by atoms with Crippen LogP contribution in [0.3, 0.4) is 0 Å². The van der Waals surface area contributed by atoms with Crippen LogP contribution < -0.4 is 10.2 Å². The van der Waals surface area contributed by atoms with Crippen LogP contribution in [0, 0.1) is 5.82 Å². The highest BCUT2D eigenvalue weighted by molar-refractivity contribution is 6.30. The number of hydrogen-bond acceptors (Lipinski definition) is 4. The molecular formula is C26H24ClFN2O3. The molecule has 0 bridgehead atoms. The third kappa shape index (κ3) is 5.52. The predicted molar refractivity (Wildman–Crippen MR) is 128 cm³/mol. The summed E-state index contributed by atoms with van der Waals surface area (Å²) in [5, 5.41) is 2.74. The van der Waals surface area contributed by atoms with Crippen molar-refractivity contribution < 1.29 is 18.7 Å². The fourth-order valence-electron chi connectivity index (χ4n) is 4.05. The monoisotopic (exact) mass is 466 g/mol. The summed E-state index contributed by atoms with van der Waals surface area (Å²) in [6.07, 6.45) is 1.64. The molecule has 0 atom stereocenters. The molecule has 0 spiro atoms. The second kappa shape index (κ2) is 10.0. The summed E-state index contributed by atoms with van der Waals surface area (Å²) in [6, 6.07) is 17.9. The topological polar surface area (TPSA) is 58.6 Å². The average molecular weight is 467 g/mol. The van der Waals surface area contributed by atoms with Gasteiger partial charge < -0.3 is 9.64 Å². The van der Waals surface area contributed by atoms with E-state index in [-0.39, 0.29) is 17.4 Å². The summed E-state index contributed by atoms with van der Waals surface area (Å²) in [4.78, 5) is 26.2. The smallest absolute Gasteiger partial charge is 0.411 e. The van der Waals surface area contributed by atoms with Crippen LogP contribution in [0.1, 0.15) is 30.0 Å². The number of nitrogens with zero attached hydrogens (tertiary/aromatic N) is 1. The number of nitrogens with one attached hydrogen (secondary N) is 1. The van der Waals surface area contributed by atoms with Gasteiger partial charge in [0.15, 0.2) is 0 Å². The van der Waals surface area contributed by atoms with E-state index in [1.54, 1.807) is 6.92 Å². The number of amides is 1. The van der Waals surface area contributed by atoms with Crippen molar-refractivity contribution in [3.05, 3.63) is 88.2 Å². The molecule has 5 nitrogen and oxygen atoms in total. The fourth-order valence-corrected chi connectivity index (χ4v) is 4.25. The van der Waals surface area contributed by atoms with E-state index in [2.05, 4.69) is 10.2 Å². The molecule has 1 N–H and O–H groups in total. The molecule has 3 aromatic carbocycles. The minimum atomic E-state index is -0.602. The van der Waals surface area contributed by atoms with Gasteiger partial charge in [-0.2, -0.15) is 0 Å². The summed E-state index contributed by atoms with van der Waals surface area (Å²) < 4.78 is 18.5. The normalized spacial score (nSPS) is 12.8. The number of fused-ring (bicyclic) bond motifs is 1. The zero-order chi connectivity index (χ0) is 23.4. The number of carbonyl (C=O) groups excluding carboxylic acids is 2. The van der Waals surface area contributed by atoms with E-state index in [0.29, 0.717) is 17.7 Å². The van der Waals surface area contributed by atoms with Crippen molar-refractivity contribution in [2.75, 3.05) is 16.8 Å². The van der Waals surface area contributed by atoms with Gasteiger partial charge in [0.2, 0.25) is 0 Å². The number of benzene rings is 3. The number of ketones is 1. The van der Waals surface area contributed by atoms with Gasteiger partial charge in [-0.05, 0) is 72.9 Å². The molecule has 4 rings (SSSR count). The first-order valence-corrected chi connectivity index (χ1v) is 11.1. The Morgan fingerprint density at radius 1 is 1.09 bits per heavy atom. The second-order valence-electron chi connectivity index (χ2n) is 8.06. The van der Waals surface area contributed by atoms with Crippen molar-refractivity contribution >= 4 is 40.5 Å². The molecule has 0 unspecified atom stereocenters. The Balaban J connectivity index is 1.46. The molecule has 1 amide bonds. The number of aryl methyl sites for hydroxylation is 1. The van der Waals surface area contributed by atoms with E-state index in [1.165, 1.54) is 18.2 Å². The van der Waals surface area contributed by atoms with Gasteiger partial charge >= 0.3 is 6.09 Å². The maximum Gasteiger partial charge on any atom is 0.411 e. The Bertz CT molecular complexity index is 1200. The lowest BCUT2D eigenvalue weighted by atomic mass is 9.98. The van der Waals surface area contributed by atoms with Crippen LogP contribution in [0.5, 0.6) is 0 Å². The van der Waals surface area contributed by atoms with Gasteiger partial charge in [0.05, 0.1) is 5.02 Å². The van der Waals surface area contributed by atoms with Crippen molar-refractivity contribution in [2.45, 2.75) is 32.8 Å². The molecule has 1 heterocycles. The third-order valence-corrected chi connectivity index (χ3v) is 5.81. The number of anilines is 3. The minimum Gasteiger partial charge on any atom is -0.444 e. The molecule has 0 fully saturated rings. The summed E-state index contributed by atoms with van der Waals surface area (Å²) in [7, 11) is 0. The van der Waals surface area contributed by atoms with Gasteiger partial charge in [0, 0.05) is 30.0 Å². The van der Waals surface area contributed by atoms with E-state index < -0.39 is 11.9 Å². The van der Waals surface area contributed by atoms with Crippen molar-refractivity contribution in [2.24, 2.45) is 0 Å². The van der Waals surface area contributed by atoms with Crippen molar-refractivity contribution in [3.8, 4) is 0 Å². The van der Waals surface area contributed by atoms with Crippen LogP contribution in [0.2, 0.25) is 5.02 Å². The van der Waals surface area contributed by atoms with E-state index in [9.17, 15) is 14.0 Å². The van der Waals surface area contributed by atoms with E-state index >= 15 is 0 Å². The molecule has 33 heavy (non-hydrogen) atoms. The molecule has 0 radical (unpaired) electrons. The van der Waals surface area contributed by atoms with Crippen LogP contribution in [0.15, 0.2) is 60.7 Å². The highest BCUT2D eigenvalue weighted by Gasteiger charge is 2.21. The van der Waals surface area contributed by atoms with Crippen LogP contribution in [0.4, 0.5) is 26.2 Å². The van der Waals surface area contributed by atoms with Crippen molar-refractivity contribution in [1.82, 2.24) is 0 Å². The van der Waals surface area contributed by atoms with Gasteiger partial charge in [0.1, 0.15) is 18.2 Å². The molecule has 0 saturated carbocycles. The highest BCUT2D eigenvalue weighted by Crippen LogP contribution is 2.37. The number of hydrogen-bond donors (Lipinski definition) is 1. The number of carbonyl (C=O) groups is 2. The molecule has 0 aliphatic carbocycles. The fraction of sp³-hybridized carbons (Fsp3) is 0.231. The maximum atomic E-state index is 13.3. The average Bonchev–Trinajstić information content (AvgIpc) is 2.79. The largest absolute Gasteiger partial charge is 0.444 e. The summed E-state index contributed by atoms with van der Waals surface area (Å²) in [5.41, 5.74) is 5.45. The zero-order valence-corrected chi connectivity index (χ0v) is 19.0. The number of rotatable bonds is 6. The zero-order valence-electron chi connectivity index (χ0n) is 18.2. The lowest BCUT2D eigenvalue weighted by Crippen LogP contribution is -2.26. The standard InChI is InChI=1S/C26H24ClFN2O3/c1-17(31)13-19-5-2-3-7-24(19)30-12-4-6-20-15-21(9-11-25(20)30)29-26(32)33-16-18-8-10-23(28)22(27)14-18/h2-3,5,7-11,14-15H,4,6,12-13,16H2,1H3,(H,29,32). The molecule has 1 aliphatic heterocycles. The third-order valence-electron chi connectivity index (χ3n) is 5.52. The molecule has 170 valence electrons. The second-order valence-corrected chi connectivity index (χ2v) is 8.46. The van der Waals surface area contributed by atoms with Crippen LogP contribution in [-0.2, 0) is 29.0 Å².